The van der Waals surface area contributed by atoms with E-state index >= 15 is 0 Å². The van der Waals surface area contributed by atoms with Gasteiger partial charge in [-0.15, -0.1) is 0 Å². The molecule has 0 bridgehead atoms. The van der Waals surface area contributed by atoms with Crippen LogP contribution in [0, 0.1) is 0 Å². The van der Waals surface area contributed by atoms with Crippen molar-refractivity contribution in [3.8, 4) is 0 Å². The SMILES string of the molecule is C=C(C)C([O])=O.CO[Si](CCCS)(OC)OC. The molecule has 17 heavy (non-hydrogen) atoms. The summed E-state index contributed by atoms with van der Waals surface area (Å²) in [5.74, 6) is -0.347. The molecule has 0 unspecified atom stereocenters. The highest BCUT2D eigenvalue weighted by Gasteiger charge is 2.36. The van der Waals surface area contributed by atoms with Gasteiger partial charge in [-0.25, -0.2) is 9.90 Å². The van der Waals surface area contributed by atoms with E-state index < -0.39 is 14.8 Å². The van der Waals surface area contributed by atoms with Crippen LogP contribution in [0.25, 0.3) is 0 Å². The molecule has 0 aliphatic carbocycles. The summed E-state index contributed by atoms with van der Waals surface area (Å²) in [6.45, 7) is 4.48. The quantitative estimate of drug-likeness (QED) is 0.438. The zero-order valence-electron chi connectivity index (χ0n) is 10.8. The second-order valence-electron chi connectivity index (χ2n) is 3.19. The second-order valence-corrected chi connectivity index (χ2v) is 6.73. The summed E-state index contributed by atoms with van der Waals surface area (Å²) in [6.07, 6.45) is 0.963. The molecule has 7 heteroatoms. The Morgan fingerprint density at radius 2 is 1.59 bits per heavy atom. The standard InChI is InChI=1S/C6H16O3SSi.C4H5O2/c1-7-11(8-2,9-3)6-4-5-10;1-3(2)4(5)6/h10H,4-6H2,1-3H3;1H2,2H3. The maximum absolute atomic E-state index is 9.49. The molecule has 0 aliphatic heterocycles. The molecule has 0 atom stereocenters. The van der Waals surface area contributed by atoms with E-state index in [1.54, 1.807) is 21.3 Å². The molecule has 0 amide bonds. The summed E-state index contributed by atoms with van der Waals surface area (Å²) in [6, 6.07) is 0.833. The lowest BCUT2D eigenvalue weighted by Crippen LogP contribution is -2.42. The fraction of sp³-hybridized carbons (Fsp3) is 0.700. The smallest absolute Gasteiger partial charge is 0.377 e. The Bertz CT molecular complexity index is 210. The lowest BCUT2D eigenvalue weighted by Gasteiger charge is -2.23. The maximum Gasteiger partial charge on any atom is 0.500 e. The number of thiol groups is 1. The Hall–Kier alpha value is -0.343. The van der Waals surface area contributed by atoms with E-state index in [0.717, 1.165) is 18.2 Å². The second kappa shape index (κ2) is 10.8. The van der Waals surface area contributed by atoms with E-state index in [9.17, 15) is 9.90 Å². The lowest BCUT2D eigenvalue weighted by molar-refractivity contribution is -0.138. The predicted molar refractivity (Wildman–Crippen MR) is 70.6 cm³/mol. The summed E-state index contributed by atoms with van der Waals surface area (Å²) in [5.41, 5.74) is 0.0648. The van der Waals surface area contributed by atoms with Crippen LogP contribution in [0.3, 0.4) is 0 Å². The molecular formula is C10H21O5SSi. The molecule has 0 aromatic heterocycles. The first-order valence-corrected chi connectivity index (χ1v) is 7.58. The van der Waals surface area contributed by atoms with Gasteiger partial charge < -0.3 is 13.3 Å². The van der Waals surface area contributed by atoms with E-state index in [-0.39, 0.29) is 5.57 Å². The summed E-state index contributed by atoms with van der Waals surface area (Å²) in [4.78, 5) is 9.49. The van der Waals surface area contributed by atoms with Crippen LogP contribution in [0.15, 0.2) is 12.2 Å². The molecule has 1 radical (unpaired) electrons. The van der Waals surface area contributed by atoms with Crippen LogP contribution < -0.4 is 0 Å². The molecule has 0 saturated heterocycles. The third kappa shape index (κ3) is 9.37. The summed E-state index contributed by atoms with van der Waals surface area (Å²) >= 11 is 4.10. The van der Waals surface area contributed by atoms with Gasteiger partial charge in [0.25, 0.3) is 0 Å². The van der Waals surface area contributed by atoms with Crippen LogP contribution >= 0.6 is 12.6 Å². The van der Waals surface area contributed by atoms with Gasteiger partial charge in [0.05, 0.1) is 0 Å². The summed E-state index contributed by atoms with van der Waals surface area (Å²) in [5, 5.41) is 9.49. The van der Waals surface area contributed by atoms with E-state index in [1.807, 2.05) is 0 Å². The van der Waals surface area contributed by atoms with Crippen molar-refractivity contribution < 1.29 is 23.2 Å². The molecule has 0 N–H and O–H groups in total. The van der Waals surface area contributed by atoms with Gasteiger partial charge in [-0.1, -0.05) is 6.58 Å². The highest BCUT2D eigenvalue weighted by Crippen LogP contribution is 2.14. The van der Waals surface area contributed by atoms with Crippen LogP contribution in [0.2, 0.25) is 6.04 Å². The van der Waals surface area contributed by atoms with E-state index in [0.29, 0.717) is 0 Å². The van der Waals surface area contributed by atoms with Crippen LogP contribution in [0.4, 0.5) is 0 Å². The van der Waals surface area contributed by atoms with Gasteiger partial charge in [-0.2, -0.15) is 12.6 Å². The molecule has 101 valence electrons. The van der Waals surface area contributed by atoms with Crippen LogP contribution in [0.5, 0.6) is 0 Å². The van der Waals surface area contributed by atoms with Gasteiger partial charge in [-0.3, -0.25) is 0 Å². The van der Waals surface area contributed by atoms with Crippen molar-refractivity contribution in [1.82, 2.24) is 0 Å². The summed E-state index contributed by atoms with van der Waals surface area (Å²) < 4.78 is 15.6. The van der Waals surface area contributed by atoms with Crippen molar-refractivity contribution in [3.05, 3.63) is 12.2 Å². The van der Waals surface area contributed by atoms with Crippen molar-refractivity contribution in [2.45, 2.75) is 19.4 Å². The number of carbonyl (C=O) groups excluding carboxylic acids is 1. The predicted octanol–water partition coefficient (Wildman–Crippen LogP) is 1.70. The molecule has 0 aromatic rings. The van der Waals surface area contributed by atoms with Gasteiger partial charge in [0, 0.05) is 32.9 Å². The topological polar surface area (TPSA) is 64.7 Å². The average Bonchev–Trinajstić information content (AvgIpc) is 2.32. The Kier molecular flexibility index (Phi) is 12.1. The Balaban J connectivity index is 0. The highest BCUT2D eigenvalue weighted by atomic mass is 32.1. The largest absolute Gasteiger partial charge is 0.500 e. The van der Waals surface area contributed by atoms with Crippen molar-refractivity contribution in [1.29, 1.82) is 0 Å². The third-order valence-electron chi connectivity index (χ3n) is 1.92. The van der Waals surface area contributed by atoms with Gasteiger partial charge in [0.15, 0.2) is 0 Å². The molecule has 0 aromatic carbocycles. The maximum atomic E-state index is 9.49. The molecule has 5 nitrogen and oxygen atoms in total. The molecular weight excluding hydrogens is 260 g/mol. The van der Waals surface area contributed by atoms with Gasteiger partial charge >= 0.3 is 14.8 Å². The van der Waals surface area contributed by atoms with Crippen molar-refractivity contribution in [2.24, 2.45) is 0 Å². The number of hydrogen-bond donors (Lipinski definition) is 1. The molecule has 0 aliphatic rings. The van der Waals surface area contributed by atoms with E-state index in [1.165, 1.54) is 6.92 Å². The minimum Gasteiger partial charge on any atom is -0.377 e. The van der Waals surface area contributed by atoms with Crippen molar-refractivity contribution in [2.75, 3.05) is 27.1 Å². The Labute approximate surface area is 110 Å². The van der Waals surface area contributed by atoms with Crippen LogP contribution in [-0.4, -0.2) is 41.9 Å². The monoisotopic (exact) mass is 281 g/mol. The minimum atomic E-state index is -2.29. The number of carbonyl (C=O) groups is 1. The number of rotatable bonds is 7. The van der Waals surface area contributed by atoms with Gasteiger partial charge in [-0.05, 0) is 19.1 Å². The Morgan fingerprint density at radius 1 is 1.24 bits per heavy atom. The average molecular weight is 281 g/mol. The first-order valence-electron chi connectivity index (χ1n) is 5.02. The summed E-state index contributed by atoms with van der Waals surface area (Å²) in [7, 11) is 2.58. The van der Waals surface area contributed by atoms with E-state index in [4.69, 9.17) is 13.3 Å². The normalized spacial score (nSPS) is 10.4. The third-order valence-corrected chi connectivity index (χ3v) is 5.07. The first kappa shape index (κ1) is 19.0. The molecule has 0 heterocycles. The zero-order valence-corrected chi connectivity index (χ0v) is 12.7. The molecule has 0 spiro atoms. The van der Waals surface area contributed by atoms with Crippen LogP contribution in [0.1, 0.15) is 13.3 Å². The van der Waals surface area contributed by atoms with Gasteiger partial charge in [0.2, 0.25) is 0 Å². The Morgan fingerprint density at radius 3 is 1.76 bits per heavy atom. The lowest BCUT2D eigenvalue weighted by atomic mass is 10.4. The van der Waals surface area contributed by atoms with Crippen LogP contribution in [-0.2, 0) is 23.2 Å². The first-order chi connectivity index (χ1) is 7.89. The van der Waals surface area contributed by atoms with Crippen molar-refractivity contribution in [3.63, 3.8) is 0 Å². The van der Waals surface area contributed by atoms with Crippen molar-refractivity contribution >= 4 is 27.4 Å². The fourth-order valence-electron chi connectivity index (χ4n) is 0.852. The minimum absolute atomic E-state index is 0.0648. The highest BCUT2D eigenvalue weighted by molar-refractivity contribution is 7.80. The van der Waals surface area contributed by atoms with E-state index in [2.05, 4.69) is 19.2 Å². The van der Waals surface area contributed by atoms with Gasteiger partial charge in [0.1, 0.15) is 0 Å². The fourth-order valence-corrected chi connectivity index (χ4v) is 3.03. The zero-order chi connectivity index (χ0) is 13.9. The molecule has 0 saturated carbocycles. The molecule has 0 rings (SSSR count). The number of hydrogen-bond acceptors (Lipinski definition) is 5. The molecule has 0 fully saturated rings.